The molecule has 170 valence electrons. The van der Waals surface area contributed by atoms with E-state index in [9.17, 15) is 4.79 Å². The van der Waals surface area contributed by atoms with Crippen LogP contribution in [0.25, 0.3) is 21.9 Å². The Bertz CT molecular complexity index is 1560. The highest BCUT2D eigenvalue weighted by Gasteiger charge is 2.12. The van der Waals surface area contributed by atoms with Crippen molar-refractivity contribution in [3.8, 4) is 11.5 Å². The fraction of sp³-hybridized carbons (Fsp3) is 0.120. The van der Waals surface area contributed by atoms with Gasteiger partial charge >= 0.3 is 0 Å². The number of rotatable bonds is 7. The topological polar surface area (TPSA) is 94.4 Å². The minimum Gasteiger partial charge on any atom is -0.497 e. The van der Waals surface area contributed by atoms with E-state index in [0.717, 1.165) is 32.8 Å². The molecule has 3 heterocycles. The predicted octanol–water partition coefficient (Wildman–Crippen LogP) is 4.46. The monoisotopic (exact) mass is 471 g/mol. The first-order valence-electron chi connectivity index (χ1n) is 10.5. The van der Waals surface area contributed by atoms with Gasteiger partial charge in [-0.2, -0.15) is 9.78 Å². The summed E-state index contributed by atoms with van der Waals surface area (Å²) in [6.45, 7) is 0. The molecule has 0 bridgehead atoms. The van der Waals surface area contributed by atoms with Gasteiger partial charge in [-0.05, 0) is 54.1 Å². The zero-order chi connectivity index (χ0) is 23.5. The van der Waals surface area contributed by atoms with Crippen molar-refractivity contribution in [2.45, 2.75) is 10.8 Å². The third-order valence-electron chi connectivity index (χ3n) is 5.35. The molecule has 1 N–H and O–H groups in total. The zero-order valence-corrected chi connectivity index (χ0v) is 19.4. The highest BCUT2D eigenvalue weighted by Crippen LogP contribution is 2.28. The van der Waals surface area contributed by atoms with Gasteiger partial charge in [0.2, 0.25) is 0 Å². The van der Waals surface area contributed by atoms with Gasteiger partial charge in [0.15, 0.2) is 0 Å². The summed E-state index contributed by atoms with van der Waals surface area (Å²) in [7, 11) is 3.25. The number of methoxy groups -OCH3 is 2. The number of H-pyrrole nitrogens is 1. The van der Waals surface area contributed by atoms with E-state index >= 15 is 0 Å². The first-order valence-corrected chi connectivity index (χ1v) is 11.5. The van der Waals surface area contributed by atoms with E-state index in [4.69, 9.17) is 9.47 Å². The Morgan fingerprint density at radius 3 is 2.79 bits per heavy atom. The van der Waals surface area contributed by atoms with Crippen molar-refractivity contribution in [2.24, 2.45) is 5.10 Å². The number of ether oxygens (including phenoxy) is 2. The van der Waals surface area contributed by atoms with Crippen molar-refractivity contribution in [1.29, 1.82) is 0 Å². The molecule has 34 heavy (non-hydrogen) atoms. The molecule has 0 amide bonds. The fourth-order valence-electron chi connectivity index (χ4n) is 3.64. The summed E-state index contributed by atoms with van der Waals surface area (Å²) in [5, 5.41) is 6.12. The number of fused-ring (bicyclic) bond motifs is 3. The van der Waals surface area contributed by atoms with Crippen molar-refractivity contribution in [3.63, 3.8) is 0 Å². The second-order valence-corrected chi connectivity index (χ2v) is 8.42. The summed E-state index contributed by atoms with van der Waals surface area (Å²) in [5.74, 6) is 2.18. The molecule has 0 aliphatic rings. The molecule has 0 aliphatic carbocycles. The molecule has 2 aromatic carbocycles. The lowest BCUT2D eigenvalue weighted by Crippen LogP contribution is -2.17. The summed E-state index contributed by atoms with van der Waals surface area (Å²) >= 11 is 1.62. The van der Waals surface area contributed by atoms with Crippen LogP contribution >= 0.6 is 11.8 Å². The molecule has 5 rings (SSSR count). The van der Waals surface area contributed by atoms with E-state index in [2.05, 4.69) is 20.1 Å². The molecule has 8 nitrogen and oxygen atoms in total. The van der Waals surface area contributed by atoms with E-state index < -0.39 is 0 Å². The van der Waals surface area contributed by atoms with Gasteiger partial charge < -0.3 is 14.5 Å². The molecule has 5 aromatic rings. The normalized spacial score (nSPS) is 11.5. The second-order valence-electron chi connectivity index (χ2n) is 7.43. The van der Waals surface area contributed by atoms with Gasteiger partial charge in [-0.1, -0.05) is 6.07 Å². The SMILES string of the molecule is COc1ccc2[nH]c3c(=O)n(N=Cc4ccc(OC)c(CSc5ccccn5)c4)cnc3c2c1. The molecule has 0 atom stereocenters. The number of nitrogens with one attached hydrogen (secondary N) is 1. The Kier molecular flexibility index (Phi) is 6.01. The molecule has 9 heteroatoms. The maximum Gasteiger partial charge on any atom is 0.298 e. The van der Waals surface area contributed by atoms with Crippen LogP contribution in [0.2, 0.25) is 0 Å². The van der Waals surface area contributed by atoms with Crippen molar-refractivity contribution in [1.82, 2.24) is 19.6 Å². The number of thioether (sulfide) groups is 1. The Morgan fingerprint density at radius 2 is 2.00 bits per heavy atom. The first kappa shape index (κ1) is 21.7. The lowest BCUT2D eigenvalue weighted by molar-refractivity contribution is 0.411. The zero-order valence-electron chi connectivity index (χ0n) is 18.6. The summed E-state index contributed by atoms with van der Waals surface area (Å²) in [4.78, 5) is 25.0. The Morgan fingerprint density at radius 1 is 1.09 bits per heavy atom. The third-order valence-corrected chi connectivity index (χ3v) is 6.34. The lowest BCUT2D eigenvalue weighted by atomic mass is 10.1. The maximum absolute atomic E-state index is 13.0. The molecule has 0 saturated heterocycles. The summed E-state index contributed by atoms with van der Waals surface area (Å²) in [5.41, 5.74) is 3.36. The van der Waals surface area contributed by atoms with Crippen molar-refractivity contribution in [2.75, 3.05) is 14.2 Å². The van der Waals surface area contributed by atoms with Crippen molar-refractivity contribution in [3.05, 3.63) is 88.6 Å². The fourth-order valence-corrected chi connectivity index (χ4v) is 4.48. The predicted molar refractivity (Wildman–Crippen MR) is 134 cm³/mol. The Balaban J connectivity index is 1.44. The molecule has 0 saturated carbocycles. The largest absolute Gasteiger partial charge is 0.497 e. The molecule has 3 aromatic heterocycles. The number of aromatic nitrogens is 4. The highest BCUT2D eigenvalue weighted by atomic mass is 32.2. The van der Waals surface area contributed by atoms with Crippen LogP contribution < -0.4 is 15.0 Å². The summed E-state index contributed by atoms with van der Waals surface area (Å²) < 4.78 is 12.0. The minimum atomic E-state index is -0.282. The van der Waals surface area contributed by atoms with Crippen LogP contribution in [0.4, 0.5) is 0 Å². The second kappa shape index (κ2) is 9.40. The summed E-state index contributed by atoms with van der Waals surface area (Å²) in [6.07, 6.45) is 4.83. The Labute approximate surface area is 199 Å². The molecule has 0 fully saturated rings. The smallest absolute Gasteiger partial charge is 0.298 e. The minimum absolute atomic E-state index is 0.282. The molecule has 0 radical (unpaired) electrons. The van der Waals surface area contributed by atoms with Gasteiger partial charge in [0.25, 0.3) is 5.56 Å². The van der Waals surface area contributed by atoms with E-state index in [1.165, 1.54) is 11.0 Å². The van der Waals surface area contributed by atoms with E-state index in [-0.39, 0.29) is 5.56 Å². The number of nitrogens with zero attached hydrogens (tertiary/aromatic N) is 4. The Hall–Kier alpha value is -4.11. The molecule has 0 unspecified atom stereocenters. The standard InChI is InChI=1S/C25H21N5O3S/c1-32-18-7-8-20-19(12-18)23-24(29-20)25(31)30(15-27-23)28-13-16-6-9-21(33-2)17(11-16)14-34-22-5-3-4-10-26-22/h3-13,15,29H,14H2,1-2H3. The van der Waals surface area contributed by atoms with E-state index in [1.807, 2.05) is 54.6 Å². The lowest BCUT2D eigenvalue weighted by Gasteiger charge is -2.09. The third kappa shape index (κ3) is 4.25. The molecule has 0 spiro atoms. The number of aromatic amines is 1. The molecule has 0 aliphatic heterocycles. The van der Waals surface area contributed by atoms with Crippen molar-refractivity contribution < 1.29 is 9.47 Å². The van der Waals surface area contributed by atoms with Gasteiger partial charge in [-0.3, -0.25) is 4.79 Å². The van der Waals surface area contributed by atoms with Gasteiger partial charge in [-0.25, -0.2) is 9.97 Å². The average Bonchev–Trinajstić information content (AvgIpc) is 3.26. The van der Waals surface area contributed by atoms with Crippen molar-refractivity contribution >= 4 is 39.9 Å². The van der Waals surface area contributed by atoms with Crippen LogP contribution in [0, 0.1) is 0 Å². The van der Waals surface area contributed by atoms with Gasteiger partial charge in [0, 0.05) is 28.4 Å². The highest BCUT2D eigenvalue weighted by molar-refractivity contribution is 7.98. The van der Waals surface area contributed by atoms with Crippen LogP contribution in [-0.2, 0) is 5.75 Å². The van der Waals surface area contributed by atoms with Gasteiger partial charge in [0.1, 0.15) is 28.9 Å². The van der Waals surface area contributed by atoms with Crippen LogP contribution in [0.1, 0.15) is 11.1 Å². The van der Waals surface area contributed by atoms with Crippen LogP contribution in [0.5, 0.6) is 11.5 Å². The number of benzene rings is 2. The summed E-state index contributed by atoms with van der Waals surface area (Å²) in [6, 6.07) is 17.2. The quantitative estimate of drug-likeness (QED) is 0.278. The molecular weight excluding hydrogens is 450 g/mol. The number of hydrogen-bond acceptors (Lipinski definition) is 7. The van der Waals surface area contributed by atoms with Gasteiger partial charge in [0.05, 0.1) is 25.5 Å². The van der Waals surface area contributed by atoms with E-state index in [0.29, 0.717) is 22.5 Å². The first-order chi connectivity index (χ1) is 16.7. The average molecular weight is 472 g/mol. The number of hydrogen-bond donors (Lipinski definition) is 1. The maximum atomic E-state index is 13.0. The van der Waals surface area contributed by atoms with Gasteiger partial charge in [-0.15, -0.1) is 11.8 Å². The van der Waals surface area contributed by atoms with E-state index in [1.54, 1.807) is 38.4 Å². The van der Waals surface area contributed by atoms with Crippen LogP contribution in [-0.4, -0.2) is 40.1 Å². The van der Waals surface area contributed by atoms with Crippen LogP contribution in [0.15, 0.2) is 82.0 Å². The number of pyridine rings is 1. The molecular formula is C25H21N5O3S. The van der Waals surface area contributed by atoms with Crippen LogP contribution in [0.3, 0.4) is 0 Å².